The van der Waals surface area contributed by atoms with Crippen molar-refractivity contribution in [2.75, 3.05) is 0 Å². The predicted octanol–water partition coefficient (Wildman–Crippen LogP) is 1.99. The zero-order valence-electron chi connectivity index (χ0n) is 8.52. The molecule has 0 fully saturated rings. The molecule has 11 heteroatoms. The number of halogens is 6. The summed E-state index contributed by atoms with van der Waals surface area (Å²) in [6, 6.07) is 0. The first-order valence-electron chi connectivity index (χ1n) is 4.25. The molecule has 0 saturated heterocycles. The first-order valence-corrected chi connectivity index (χ1v) is 4.25. The lowest BCUT2D eigenvalue weighted by atomic mass is 10.1. The lowest BCUT2D eigenvalue weighted by molar-refractivity contribution is -0.276. The monoisotopic (exact) mass is 291 g/mol. The molecule has 1 heterocycles. The number of hydrogen-bond donors (Lipinski definition) is 2. The van der Waals surface area contributed by atoms with Gasteiger partial charge in [-0.15, -0.1) is 13.2 Å². The number of aromatic amines is 1. The Morgan fingerprint density at radius 2 is 1.74 bits per heavy atom. The lowest BCUT2D eigenvalue weighted by Gasteiger charge is -2.16. The fourth-order valence-corrected chi connectivity index (χ4v) is 1.15. The van der Waals surface area contributed by atoms with Crippen LogP contribution in [0.2, 0.25) is 0 Å². The summed E-state index contributed by atoms with van der Waals surface area (Å²) in [6.07, 6.45) is -10.9. The fourth-order valence-electron chi connectivity index (χ4n) is 1.15. The van der Waals surface area contributed by atoms with E-state index in [2.05, 4.69) is 4.74 Å². The van der Waals surface area contributed by atoms with Crippen LogP contribution >= 0.6 is 0 Å². The van der Waals surface area contributed by atoms with E-state index in [-0.39, 0.29) is 6.20 Å². The molecule has 0 amide bonds. The van der Waals surface area contributed by atoms with Crippen LogP contribution in [0.3, 0.4) is 0 Å². The molecule has 106 valence electrons. The molecule has 1 aromatic rings. The number of H-pyrrole nitrogens is 1. The van der Waals surface area contributed by atoms with Gasteiger partial charge in [0.15, 0.2) is 11.3 Å². The molecule has 0 atom stereocenters. The average molecular weight is 291 g/mol. The molecule has 0 unspecified atom stereocenters. The highest BCUT2D eigenvalue weighted by Crippen LogP contribution is 2.37. The first kappa shape index (κ1) is 14.9. The van der Waals surface area contributed by atoms with Crippen molar-refractivity contribution in [3.8, 4) is 5.75 Å². The van der Waals surface area contributed by atoms with E-state index in [1.165, 1.54) is 4.98 Å². The van der Waals surface area contributed by atoms with Gasteiger partial charge in [-0.1, -0.05) is 0 Å². The third-order valence-corrected chi connectivity index (χ3v) is 1.78. The van der Waals surface area contributed by atoms with Crippen LogP contribution in [-0.2, 0) is 6.18 Å². The second-order valence-corrected chi connectivity index (χ2v) is 3.09. The summed E-state index contributed by atoms with van der Waals surface area (Å²) >= 11 is 0. The minimum atomic E-state index is -5.59. The Morgan fingerprint density at radius 3 is 2.11 bits per heavy atom. The molecular weight excluding hydrogens is 288 g/mol. The van der Waals surface area contributed by atoms with Crippen molar-refractivity contribution in [3.05, 3.63) is 27.7 Å². The van der Waals surface area contributed by atoms with Crippen molar-refractivity contribution in [1.82, 2.24) is 4.98 Å². The second-order valence-electron chi connectivity index (χ2n) is 3.09. The number of alkyl halides is 6. The Kier molecular flexibility index (Phi) is 3.50. The number of nitrogens with one attached hydrogen (secondary N) is 1. The van der Waals surface area contributed by atoms with Crippen molar-refractivity contribution in [3.63, 3.8) is 0 Å². The number of carboxylic acids is 1. The minimum Gasteiger partial charge on any atom is -0.477 e. The van der Waals surface area contributed by atoms with Gasteiger partial charge in [-0.2, -0.15) is 13.2 Å². The molecule has 0 aromatic carbocycles. The van der Waals surface area contributed by atoms with Crippen molar-refractivity contribution in [2.45, 2.75) is 12.5 Å². The summed E-state index contributed by atoms with van der Waals surface area (Å²) in [6.45, 7) is 0. The molecule has 0 aliphatic rings. The van der Waals surface area contributed by atoms with Crippen molar-refractivity contribution in [1.29, 1.82) is 0 Å². The van der Waals surface area contributed by atoms with Crippen LogP contribution in [0.1, 0.15) is 15.9 Å². The number of hydrogen-bond acceptors (Lipinski definition) is 3. The first-order chi connectivity index (χ1) is 8.43. The van der Waals surface area contributed by atoms with Crippen LogP contribution in [-0.4, -0.2) is 22.4 Å². The van der Waals surface area contributed by atoms with Gasteiger partial charge in [0, 0.05) is 6.20 Å². The van der Waals surface area contributed by atoms with Crippen molar-refractivity contribution in [2.24, 2.45) is 0 Å². The van der Waals surface area contributed by atoms with Gasteiger partial charge < -0.3 is 14.8 Å². The van der Waals surface area contributed by atoms with Gasteiger partial charge in [0.05, 0.1) is 0 Å². The van der Waals surface area contributed by atoms with Gasteiger partial charge >= 0.3 is 18.5 Å². The number of carbonyl (C=O) groups is 1. The van der Waals surface area contributed by atoms with Crippen molar-refractivity contribution < 1.29 is 41.0 Å². The standard InChI is InChI=1S/C8H3F6NO4/c9-7(10,11)3-4(19-8(12,13)14)2(6(17)18)1-15-5(3)16/h1H,(H,15,16)(H,17,18). The van der Waals surface area contributed by atoms with Crippen LogP contribution in [0.5, 0.6) is 5.75 Å². The fraction of sp³-hybridized carbons (Fsp3) is 0.250. The number of carboxylic acid groups (broad SMARTS) is 1. The quantitative estimate of drug-likeness (QED) is 0.817. The molecule has 0 bridgehead atoms. The van der Waals surface area contributed by atoms with E-state index in [0.29, 0.717) is 0 Å². The molecule has 19 heavy (non-hydrogen) atoms. The summed E-state index contributed by atoms with van der Waals surface area (Å²) in [5.74, 6) is -4.22. The van der Waals surface area contributed by atoms with Crippen LogP contribution in [0.25, 0.3) is 0 Å². The molecule has 1 aromatic heterocycles. The van der Waals surface area contributed by atoms with Gasteiger partial charge in [-0.05, 0) is 0 Å². The largest absolute Gasteiger partial charge is 0.573 e. The van der Waals surface area contributed by atoms with E-state index in [1.54, 1.807) is 0 Å². The smallest absolute Gasteiger partial charge is 0.477 e. The lowest BCUT2D eigenvalue weighted by Crippen LogP contribution is -2.28. The highest BCUT2D eigenvalue weighted by Gasteiger charge is 2.44. The van der Waals surface area contributed by atoms with E-state index in [1.807, 2.05) is 0 Å². The Balaban J connectivity index is 3.65. The molecule has 0 radical (unpaired) electrons. The summed E-state index contributed by atoms with van der Waals surface area (Å²) in [4.78, 5) is 22.9. The molecule has 0 aliphatic carbocycles. The van der Waals surface area contributed by atoms with E-state index < -0.39 is 40.9 Å². The van der Waals surface area contributed by atoms with Crippen LogP contribution in [0.15, 0.2) is 11.0 Å². The summed E-state index contributed by atoms with van der Waals surface area (Å²) < 4.78 is 76.4. The van der Waals surface area contributed by atoms with Crippen LogP contribution in [0, 0.1) is 0 Å². The van der Waals surface area contributed by atoms with Gasteiger partial charge in [-0.3, -0.25) is 4.79 Å². The number of rotatable bonds is 2. The van der Waals surface area contributed by atoms with Gasteiger partial charge in [0.2, 0.25) is 0 Å². The molecular formula is C8H3F6NO4. The Hall–Kier alpha value is -2.20. The normalized spacial score (nSPS) is 12.3. The van der Waals surface area contributed by atoms with Crippen LogP contribution in [0.4, 0.5) is 26.3 Å². The zero-order chi connectivity index (χ0) is 15.0. The zero-order valence-corrected chi connectivity index (χ0v) is 8.52. The van der Waals surface area contributed by atoms with E-state index in [9.17, 15) is 35.9 Å². The number of pyridine rings is 1. The number of aromatic carboxylic acids is 1. The highest BCUT2D eigenvalue weighted by atomic mass is 19.4. The van der Waals surface area contributed by atoms with Crippen LogP contribution < -0.4 is 10.3 Å². The topological polar surface area (TPSA) is 79.4 Å². The van der Waals surface area contributed by atoms with Gasteiger partial charge in [0.1, 0.15) is 5.56 Å². The van der Waals surface area contributed by atoms with E-state index in [4.69, 9.17) is 5.11 Å². The third-order valence-electron chi connectivity index (χ3n) is 1.78. The van der Waals surface area contributed by atoms with Crippen molar-refractivity contribution >= 4 is 5.97 Å². The summed E-state index contributed by atoms with van der Waals surface area (Å²) in [7, 11) is 0. The molecule has 0 spiro atoms. The Morgan fingerprint density at radius 1 is 1.21 bits per heavy atom. The SMILES string of the molecule is O=C(O)c1c[nH]c(=O)c(C(F)(F)F)c1OC(F)(F)F. The molecule has 1 rings (SSSR count). The predicted molar refractivity (Wildman–Crippen MR) is 45.7 cm³/mol. The third kappa shape index (κ3) is 3.39. The molecule has 5 nitrogen and oxygen atoms in total. The molecule has 0 saturated carbocycles. The van der Waals surface area contributed by atoms with Gasteiger partial charge in [-0.25, -0.2) is 4.79 Å². The second kappa shape index (κ2) is 4.48. The van der Waals surface area contributed by atoms with E-state index in [0.717, 1.165) is 0 Å². The minimum absolute atomic E-state index is 0.182. The molecule has 0 aliphatic heterocycles. The summed E-state index contributed by atoms with van der Waals surface area (Å²) in [5.41, 5.74) is -5.79. The highest BCUT2D eigenvalue weighted by molar-refractivity contribution is 5.91. The number of ether oxygens (including phenoxy) is 1. The molecule has 2 N–H and O–H groups in total. The van der Waals surface area contributed by atoms with E-state index >= 15 is 0 Å². The van der Waals surface area contributed by atoms with Gasteiger partial charge in [0.25, 0.3) is 5.56 Å². The summed E-state index contributed by atoms with van der Waals surface area (Å²) in [5, 5.41) is 8.51. The average Bonchev–Trinajstić information content (AvgIpc) is 2.11. The maximum absolute atomic E-state index is 12.5. The number of aromatic nitrogens is 1. The Bertz CT molecular complexity index is 558. The maximum Gasteiger partial charge on any atom is 0.573 e. The Labute approximate surface area is 99.0 Å². The maximum atomic E-state index is 12.5.